The van der Waals surface area contributed by atoms with Crippen molar-refractivity contribution in [2.45, 2.75) is 33.6 Å². The van der Waals surface area contributed by atoms with Crippen LogP contribution in [0.1, 0.15) is 38.4 Å². The molecule has 3 aromatic rings. The number of aromatic amines is 1. The Balaban J connectivity index is 1.90. The fourth-order valence-electron chi connectivity index (χ4n) is 3.81. The molecular formula is C23H24N4O2. The largest absolute Gasteiger partial charge is 0.356 e. The van der Waals surface area contributed by atoms with Gasteiger partial charge in [-0.05, 0) is 42.5 Å². The first-order valence-electron chi connectivity index (χ1n) is 9.65. The Bertz CT molecular complexity index is 1050. The van der Waals surface area contributed by atoms with Gasteiger partial charge in [-0.1, -0.05) is 37.2 Å². The smallest absolute Gasteiger partial charge is 0.331 e. The summed E-state index contributed by atoms with van der Waals surface area (Å²) in [4.78, 5) is 24.2. The molecule has 2 N–H and O–H groups in total. The van der Waals surface area contributed by atoms with Gasteiger partial charge in [0, 0.05) is 41.8 Å². The number of nitrogens with zero attached hydrogens (tertiary/aromatic N) is 2. The monoisotopic (exact) mass is 388 g/mol. The van der Waals surface area contributed by atoms with Gasteiger partial charge in [0.05, 0.1) is 17.1 Å². The molecule has 1 aromatic carbocycles. The van der Waals surface area contributed by atoms with Crippen LogP contribution in [0.15, 0.2) is 60.0 Å². The molecule has 2 aromatic heterocycles. The Morgan fingerprint density at radius 2 is 1.86 bits per heavy atom. The lowest BCUT2D eigenvalue weighted by molar-refractivity contribution is -0.140. The summed E-state index contributed by atoms with van der Waals surface area (Å²) in [5.41, 5.74) is 6.71. The lowest BCUT2D eigenvalue weighted by atomic mass is 9.75. The number of benzene rings is 1. The summed E-state index contributed by atoms with van der Waals surface area (Å²) in [5, 5.41) is 7.77. The second-order valence-corrected chi connectivity index (χ2v) is 8.09. The zero-order valence-corrected chi connectivity index (χ0v) is 16.8. The summed E-state index contributed by atoms with van der Waals surface area (Å²) < 4.78 is 0. The van der Waals surface area contributed by atoms with Gasteiger partial charge in [0.2, 0.25) is 0 Å². The van der Waals surface area contributed by atoms with Crippen LogP contribution in [0.5, 0.6) is 0 Å². The molecule has 0 saturated carbocycles. The number of anilines is 2. The molecule has 6 nitrogen and oxygen atoms in total. The number of H-pyrrole nitrogens is 1. The highest BCUT2D eigenvalue weighted by Crippen LogP contribution is 2.43. The molecule has 0 amide bonds. The molecule has 1 aliphatic rings. The molecule has 0 radical (unpaired) electrons. The molecule has 0 unspecified atom stereocenters. The third kappa shape index (κ3) is 4.06. The highest BCUT2D eigenvalue weighted by Gasteiger charge is 2.35. The minimum absolute atomic E-state index is 0.00361. The van der Waals surface area contributed by atoms with E-state index in [0.29, 0.717) is 6.42 Å². The predicted octanol–water partition coefficient (Wildman–Crippen LogP) is 5.06. The van der Waals surface area contributed by atoms with E-state index >= 15 is 0 Å². The maximum Gasteiger partial charge on any atom is 0.331 e. The summed E-state index contributed by atoms with van der Waals surface area (Å²) >= 11 is 0. The number of oxime groups is 1. The molecule has 1 aliphatic carbocycles. The number of para-hydroxylation sites is 1. The number of carbonyl (C=O) groups is 1. The number of hydrogen-bond donors (Lipinski definition) is 2. The maximum atomic E-state index is 11.4. The molecule has 2 heterocycles. The van der Waals surface area contributed by atoms with Gasteiger partial charge < -0.3 is 15.1 Å². The fraction of sp³-hybridized carbons (Fsp3) is 0.261. The normalized spacial score (nSPS) is 16.3. The van der Waals surface area contributed by atoms with Crippen LogP contribution in [0.25, 0.3) is 11.3 Å². The number of aromatic nitrogens is 2. The lowest BCUT2D eigenvalue weighted by Gasteiger charge is -2.30. The molecule has 4 rings (SSSR count). The van der Waals surface area contributed by atoms with E-state index in [1.807, 2.05) is 42.5 Å². The second kappa shape index (κ2) is 7.54. The Labute approximate surface area is 170 Å². The molecule has 0 bridgehead atoms. The summed E-state index contributed by atoms with van der Waals surface area (Å²) in [6.45, 7) is 5.74. The number of rotatable bonds is 4. The Morgan fingerprint density at radius 1 is 1.14 bits per heavy atom. The number of hydrogen-bond acceptors (Lipinski definition) is 5. The van der Waals surface area contributed by atoms with Gasteiger partial charge in [0.15, 0.2) is 0 Å². The number of fused-ring (bicyclic) bond motifs is 1. The predicted molar refractivity (Wildman–Crippen MR) is 114 cm³/mol. The van der Waals surface area contributed by atoms with Crippen molar-refractivity contribution in [3.63, 3.8) is 0 Å². The molecule has 0 saturated heterocycles. The minimum atomic E-state index is -0.426. The Hall–Kier alpha value is -3.41. The van der Waals surface area contributed by atoms with Crippen molar-refractivity contribution in [2.75, 3.05) is 5.32 Å². The van der Waals surface area contributed by atoms with Crippen LogP contribution >= 0.6 is 0 Å². The van der Waals surface area contributed by atoms with Crippen LogP contribution in [-0.2, 0) is 16.1 Å². The van der Waals surface area contributed by atoms with E-state index in [2.05, 4.69) is 34.3 Å². The van der Waals surface area contributed by atoms with Gasteiger partial charge >= 0.3 is 5.97 Å². The molecule has 0 aliphatic heterocycles. The van der Waals surface area contributed by atoms with Gasteiger partial charge in [0.25, 0.3) is 0 Å². The van der Waals surface area contributed by atoms with Crippen molar-refractivity contribution < 1.29 is 9.63 Å². The first kappa shape index (κ1) is 18.9. The van der Waals surface area contributed by atoms with Crippen molar-refractivity contribution in [3.05, 3.63) is 66.1 Å². The molecule has 29 heavy (non-hydrogen) atoms. The van der Waals surface area contributed by atoms with Gasteiger partial charge in [-0.25, -0.2) is 4.79 Å². The highest BCUT2D eigenvalue weighted by molar-refractivity contribution is 6.10. The first-order chi connectivity index (χ1) is 13.9. The van der Waals surface area contributed by atoms with Gasteiger partial charge in [-0.15, -0.1) is 0 Å². The van der Waals surface area contributed by atoms with Gasteiger partial charge in [-0.3, -0.25) is 4.98 Å². The van der Waals surface area contributed by atoms with E-state index in [0.717, 1.165) is 46.0 Å². The molecule has 0 fully saturated rings. The van der Waals surface area contributed by atoms with Crippen LogP contribution in [0.4, 0.5) is 11.4 Å². The first-order valence-corrected chi connectivity index (χ1v) is 9.65. The molecule has 0 atom stereocenters. The van der Waals surface area contributed by atoms with Crippen molar-refractivity contribution in [2.24, 2.45) is 10.6 Å². The van der Waals surface area contributed by atoms with E-state index in [1.165, 1.54) is 6.92 Å². The summed E-state index contributed by atoms with van der Waals surface area (Å²) in [7, 11) is 0. The van der Waals surface area contributed by atoms with Crippen molar-refractivity contribution >= 4 is 23.1 Å². The van der Waals surface area contributed by atoms with Crippen molar-refractivity contribution in [1.82, 2.24) is 9.97 Å². The third-order valence-electron chi connectivity index (χ3n) is 4.96. The van der Waals surface area contributed by atoms with Crippen LogP contribution in [0, 0.1) is 5.41 Å². The lowest BCUT2D eigenvalue weighted by Crippen LogP contribution is -2.27. The number of nitrogens with one attached hydrogen (secondary N) is 2. The Morgan fingerprint density at radius 3 is 2.55 bits per heavy atom. The fourth-order valence-corrected chi connectivity index (χ4v) is 3.81. The van der Waals surface area contributed by atoms with E-state index in [-0.39, 0.29) is 5.41 Å². The van der Waals surface area contributed by atoms with E-state index < -0.39 is 5.97 Å². The summed E-state index contributed by atoms with van der Waals surface area (Å²) in [6, 6.07) is 14.0. The second-order valence-electron chi connectivity index (χ2n) is 8.09. The maximum absolute atomic E-state index is 11.4. The number of pyridine rings is 1. The zero-order valence-electron chi connectivity index (χ0n) is 16.8. The third-order valence-corrected chi connectivity index (χ3v) is 4.96. The SMILES string of the molecule is CC(=O)ON=C1CC(C)(C)Cc2[nH]c(-c3ccncc3)c(Nc3ccccc3)c21. The van der Waals surface area contributed by atoms with Gasteiger partial charge in [-0.2, -0.15) is 0 Å². The zero-order chi connectivity index (χ0) is 20.4. The molecule has 0 spiro atoms. The number of carbonyl (C=O) groups excluding carboxylic acids is 1. The standard InChI is InChI=1S/C23H24N4O2/c1-15(28)29-27-19-14-23(2,3)13-18-20(19)22(25-17-7-5-4-6-8-17)21(26-18)16-9-11-24-12-10-16/h4-12,25-26H,13-14H2,1-3H3. The molecular weight excluding hydrogens is 364 g/mol. The highest BCUT2D eigenvalue weighted by atomic mass is 16.7. The molecule has 6 heteroatoms. The molecule has 148 valence electrons. The van der Waals surface area contributed by atoms with E-state index in [1.54, 1.807) is 12.4 Å². The average Bonchev–Trinajstić information content (AvgIpc) is 3.04. The van der Waals surface area contributed by atoms with Gasteiger partial charge in [0.1, 0.15) is 0 Å². The van der Waals surface area contributed by atoms with Crippen LogP contribution in [-0.4, -0.2) is 21.6 Å². The Kier molecular flexibility index (Phi) is 4.92. The van der Waals surface area contributed by atoms with E-state index in [9.17, 15) is 4.79 Å². The topological polar surface area (TPSA) is 79.4 Å². The van der Waals surface area contributed by atoms with Crippen LogP contribution in [0.3, 0.4) is 0 Å². The summed E-state index contributed by atoms with van der Waals surface area (Å²) in [5.74, 6) is -0.426. The quantitative estimate of drug-likeness (QED) is 0.484. The van der Waals surface area contributed by atoms with E-state index in [4.69, 9.17) is 4.84 Å². The van der Waals surface area contributed by atoms with Crippen LogP contribution in [0.2, 0.25) is 0 Å². The minimum Gasteiger partial charge on any atom is -0.356 e. The van der Waals surface area contributed by atoms with Crippen molar-refractivity contribution in [1.29, 1.82) is 0 Å². The van der Waals surface area contributed by atoms with Crippen LogP contribution < -0.4 is 5.32 Å². The average molecular weight is 388 g/mol. The summed E-state index contributed by atoms with van der Waals surface area (Å²) in [6.07, 6.45) is 5.14. The van der Waals surface area contributed by atoms with Crippen molar-refractivity contribution in [3.8, 4) is 11.3 Å².